The summed E-state index contributed by atoms with van der Waals surface area (Å²) in [6.45, 7) is 0. The van der Waals surface area contributed by atoms with Crippen molar-refractivity contribution in [3.8, 4) is 11.5 Å². The van der Waals surface area contributed by atoms with E-state index in [-0.39, 0.29) is 17.5 Å². The van der Waals surface area contributed by atoms with Crippen molar-refractivity contribution < 1.29 is 19.1 Å². The molecule has 6 nitrogen and oxygen atoms in total. The molecule has 0 fully saturated rings. The highest BCUT2D eigenvalue weighted by Gasteiger charge is 2.23. The van der Waals surface area contributed by atoms with Gasteiger partial charge in [-0.2, -0.15) is 0 Å². The number of nitrogens with one attached hydrogen (secondary N) is 2. The van der Waals surface area contributed by atoms with Crippen molar-refractivity contribution in [3.05, 3.63) is 143 Å². The highest BCUT2D eigenvalue weighted by atomic mass is 16.5. The van der Waals surface area contributed by atoms with E-state index in [1.807, 2.05) is 42.5 Å². The SMILES string of the molecule is COc1ccc(C(=O)c2ccc(C(c3ccccc3)c3ccc(C(=O)c4ccc(OC)cc4)[nH]3)[nH]2)cc1. The van der Waals surface area contributed by atoms with Crippen LogP contribution >= 0.6 is 0 Å². The number of carbonyl (C=O) groups excluding carboxylic acids is 2. The number of benzene rings is 3. The Morgan fingerprint density at radius 1 is 0.568 bits per heavy atom. The molecule has 5 aromatic rings. The van der Waals surface area contributed by atoms with Crippen LogP contribution in [0.15, 0.2) is 103 Å². The van der Waals surface area contributed by atoms with E-state index >= 15 is 0 Å². The van der Waals surface area contributed by atoms with Gasteiger partial charge < -0.3 is 19.4 Å². The largest absolute Gasteiger partial charge is 0.497 e. The highest BCUT2D eigenvalue weighted by molar-refractivity contribution is 6.08. The van der Waals surface area contributed by atoms with E-state index in [1.165, 1.54) is 0 Å². The van der Waals surface area contributed by atoms with Crippen molar-refractivity contribution in [1.29, 1.82) is 0 Å². The number of carbonyl (C=O) groups is 2. The van der Waals surface area contributed by atoms with Crippen molar-refractivity contribution >= 4 is 11.6 Å². The summed E-state index contributed by atoms with van der Waals surface area (Å²) in [5, 5.41) is 0. The van der Waals surface area contributed by atoms with Gasteiger partial charge in [-0.15, -0.1) is 0 Å². The van der Waals surface area contributed by atoms with E-state index in [4.69, 9.17) is 9.47 Å². The van der Waals surface area contributed by atoms with Gasteiger partial charge in [-0.3, -0.25) is 9.59 Å². The molecule has 37 heavy (non-hydrogen) atoms. The summed E-state index contributed by atoms with van der Waals surface area (Å²) in [6, 6.07) is 31.5. The van der Waals surface area contributed by atoms with Crippen LogP contribution in [0.3, 0.4) is 0 Å². The van der Waals surface area contributed by atoms with Crippen LogP contribution < -0.4 is 9.47 Å². The number of aromatic amines is 2. The molecular weight excluding hydrogens is 464 g/mol. The predicted octanol–water partition coefficient (Wildman–Crippen LogP) is 6.00. The Kier molecular flexibility index (Phi) is 6.72. The molecule has 5 rings (SSSR count). The van der Waals surface area contributed by atoms with Crippen molar-refractivity contribution in [3.63, 3.8) is 0 Å². The minimum absolute atomic E-state index is 0.109. The first-order valence-corrected chi connectivity index (χ1v) is 11.9. The van der Waals surface area contributed by atoms with E-state index in [1.54, 1.807) is 74.9 Å². The van der Waals surface area contributed by atoms with Crippen molar-refractivity contribution in [1.82, 2.24) is 9.97 Å². The zero-order chi connectivity index (χ0) is 25.8. The van der Waals surface area contributed by atoms with Gasteiger partial charge in [0.05, 0.1) is 31.5 Å². The maximum absolute atomic E-state index is 13.1. The van der Waals surface area contributed by atoms with E-state index in [2.05, 4.69) is 9.97 Å². The number of rotatable bonds is 9. The Bertz CT molecular complexity index is 1420. The molecule has 0 aliphatic rings. The van der Waals surface area contributed by atoms with Crippen LogP contribution in [0, 0.1) is 0 Å². The van der Waals surface area contributed by atoms with Crippen LogP contribution in [0.4, 0.5) is 0 Å². The lowest BCUT2D eigenvalue weighted by Gasteiger charge is -2.15. The lowest BCUT2D eigenvalue weighted by atomic mass is 9.93. The lowest BCUT2D eigenvalue weighted by Crippen LogP contribution is -2.08. The molecule has 0 aliphatic carbocycles. The zero-order valence-electron chi connectivity index (χ0n) is 20.5. The normalized spacial score (nSPS) is 10.9. The second kappa shape index (κ2) is 10.4. The molecule has 2 aromatic heterocycles. The molecule has 0 atom stereocenters. The fourth-order valence-electron chi connectivity index (χ4n) is 4.39. The van der Waals surface area contributed by atoms with Gasteiger partial charge in [-0.05, 0) is 78.4 Å². The third-order valence-electron chi connectivity index (χ3n) is 6.37. The van der Waals surface area contributed by atoms with Crippen LogP contribution in [-0.2, 0) is 0 Å². The molecule has 0 amide bonds. The second-order valence-corrected chi connectivity index (χ2v) is 8.61. The molecule has 3 aromatic carbocycles. The van der Waals surface area contributed by atoms with Crippen molar-refractivity contribution in [2.24, 2.45) is 0 Å². The summed E-state index contributed by atoms with van der Waals surface area (Å²) in [5.74, 6) is 0.945. The molecule has 6 heteroatoms. The van der Waals surface area contributed by atoms with Gasteiger partial charge in [0.2, 0.25) is 11.6 Å². The number of methoxy groups -OCH3 is 2. The minimum Gasteiger partial charge on any atom is -0.497 e. The first kappa shape index (κ1) is 23.9. The van der Waals surface area contributed by atoms with E-state index in [0.29, 0.717) is 34.0 Å². The van der Waals surface area contributed by atoms with E-state index < -0.39 is 0 Å². The first-order valence-electron chi connectivity index (χ1n) is 11.9. The molecule has 2 N–H and O–H groups in total. The van der Waals surface area contributed by atoms with Gasteiger partial charge >= 0.3 is 0 Å². The molecule has 0 spiro atoms. The van der Waals surface area contributed by atoms with Crippen LogP contribution in [0.2, 0.25) is 0 Å². The number of hydrogen-bond acceptors (Lipinski definition) is 4. The Morgan fingerprint density at radius 2 is 1.00 bits per heavy atom. The summed E-state index contributed by atoms with van der Waals surface area (Å²) in [7, 11) is 3.18. The molecule has 2 heterocycles. The standard InChI is InChI=1S/C31H26N2O4/c1-36-23-12-8-21(9-13-23)30(34)27-18-16-25(32-27)29(20-6-4-3-5-7-20)26-17-19-28(33-26)31(35)22-10-14-24(37-2)15-11-22/h3-19,29,32-33H,1-2H3. The van der Waals surface area contributed by atoms with Gasteiger partial charge in [0.15, 0.2) is 0 Å². The zero-order valence-corrected chi connectivity index (χ0v) is 20.5. The fourth-order valence-corrected chi connectivity index (χ4v) is 4.39. The molecule has 0 bridgehead atoms. The van der Waals surface area contributed by atoms with E-state index in [9.17, 15) is 9.59 Å². The maximum Gasteiger partial charge on any atom is 0.209 e. The summed E-state index contributed by atoms with van der Waals surface area (Å²) in [5.41, 5.74) is 4.82. The molecule has 0 radical (unpaired) electrons. The average molecular weight is 491 g/mol. The van der Waals surface area contributed by atoms with Crippen LogP contribution in [0.1, 0.15) is 55.0 Å². The predicted molar refractivity (Wildman–Crippen MR) is 142 cm³/mol. The number of aromatic nitrogens is 2. The Morgan fingerprint density at radius 3 is 1.41 bits per heavy atom. The lowest BCUT2D eigenvalue weighted by molar-refractivity contribution is 0.102. The Balaban J connectivity index is 1.46. The summed E-state index contributed by atoms with van der Waals surface area (Å²) >= 11 is 0. The monoisotopic (exact) mass is 490 g/mol. The fraction of sp³-hybridized carbons (Fsp3) is 0.0968. The maximum atomic E-state index is 13.1. The highest BCUT2D eigenvalue weighted by Crippen LogP contribution is 2.32. The van der Waals surface area contributed by atoms with E-state index in [0.717, 1.165) is 17.0 Å². The number of H-pyrrole nitrogens is 2. The third kappa shape index (κ3) is 4.95. The second-order valence-electron chi connectivity index (χ2n) is 8.61. The summed E-state index contributed by atoms with van der Waals surface area (Å²) < 4.78 is 10.4. The van der Waals surface area contributed by atoms with Gasteiger partial charge in [-0.25, -0.2) is 0 Å². The van der Waals surface area contributed by atoms with Gasteiger partial charge in [0.1, 0.15) is 11.5 Å². The minimum atomic E-state index is -0.226. The molecular formula is C31H26N2O4. The van der Waals surface area contributed by atoms with Gasteiger partial charge in [0, 0.05) is 22.5 Å². The Hall–Kier alpha value is -4.84. The van der Waals surface area contributed by atoms with Crippen LogP contribution in [-0.4, -0.2) is 35.8 Å². The van der Waals surface area contributed by atoms with Crippen molar-refractivity contribution in [2.45, 2.75) is 5.92 Å². The van der Waals surface area contributed by atoms with Crippen molar-refractivity contribution in [2.75, 3.05) is 14.2 Å². The third-order valence-corrected chi connectivity index (χ3v) is 6.37. The molecule has 184 valence electrons. The molecule has 0 aliphatic heterocycles. The van der Waals surface area contributed by atoms with Crippen LogP contribution in [0.25, 0.3) is 0 Å². The number of ketones is 2. The molecule has 0 unspecified atom stereocenters. The van der Waals surface area contributed by atoms with Gasteiger partial charge in [-0.1, -0.05) is 30.3 Å². The number of hydrogen-bond donors (Lipinski definition) is 2. The average Bonchev–Trinajstić information content (AvgIpc) is 3.64. The molecule has 0 saturated heterocycles. The molecule has 0 saturated carbocycles. The number of ether oxygens (including phenoxy) is 2. The Labute approximate surface area is 214 Å². The first-order chi connectivity index (χ1) is 18.1. The summed E-state index contributed by atoms with van der Waals surface area (Å²) in [4.78, 5) is 32.9. The topological polar surface area (TPSA) is 84.2 Å². The quantitative estimate of drug-likeness (QED) is 0.248. The smallest absolute Gasteiger partial charge is 0.209 e. The van der Waals surface area contributed by atoms with Crippen LogP contribution in [0.5, 0.6) is 11.5 Å². The van der Waals surface area contributed by atoms with Gasteiger partial charge in [0.25, 0.3) is 0 Å². The summed E-state index contributed by atoms with van der Waals surface area (Å²) in [6.07, 6.45) is 0.